The van der Waals surface area contributed by atoms with Crippen molar-refractivity contribution in [2.24, 2.45) is 5.41 Å². The zero-order valence-electron chi connectivity index (χ0n) is 14.0. The number of hydrogen-bond acceptors (Lipinski definition) is 3. The largest absolute Gasteiger partial charge is 0.489 e. The number of rotatable bonds is 7. The van der Waals surface area contributed by atoms with Crippen molar-refractivity contribution in [2.45, 2.75) is 65.7 Å². The van der Waals surface area contributed by atoms with Crippen LogP contribution < -0.4 is 10.1 Å². The second-order valence-electron chi connectivity index (χ2n) is 6.40. The Kier molecular flexibility index (Phi) is 5.15. The lowest BCUT2D eigenvalue weighted by Gasteiger charge is -2.54. The van der Waals surface area contributed by atoms with Crippen LogP contribution in [0.5, 0.6) is 5.75 Å². The number of para-hydroxylation sites is 2. The monoisotopic (exact) mass is 291 g/mol. The van der Waals surface area contributed by atoms with Gasteiger partial charge in [0.25, 0.3) is 0 Å². The van der Waals surface area contributed by atoms with Crippen LogP contribution in [0.3, 0.4) is 0 Å². The van der Waals surface area contributed by atoms with E-state index in [2.05, 4.69) is 52.1 Å². The molecule has 0 saturated heterocycles. The predicted octanol–water partition coefficient (Wildman–Crippen LogP) is 4.48. The zero-order chi connectivity index (χ0) is 15.5. The molecule has 1 aromatic rings. The molecule has 1 aliphatic carbocycles. The van der Waals surface area contributed by atoms with Gasteiger partial charge in [0, 0.05) is 18.1 Å². The van der Waals surface area contributed by atoms with Crippen LogP contribution in [0.25, 0.3) is 0 Å². The summed E-state index contributed by atoms with van der Waals surface area (Å²) in [6.45, 7) is 11.5. The van der Waals surface area contributed by atoms with Gasteiger partial charge in [-0.3, -0.25) is 0 Å². The zero-order valence-corrected chi connectivity index (χ0v) is 14.0. The molecular formula is C18H29NO2. The number of benzene rings is 1. The van der Waals surface area contributed by atoms with Crippen molar-refractivity contribution in [1.29, 1.82) is 0 Å². The lowest BCUT2D eigenvalue weighted by atomic mass is 9.61. The van der Waals surface area contributed by atoms with Gasteiger partial charge < -0.3 is 14.8 Å². The predicted molar refractivity (Wildman–Crippen MR) is 88.0 cm³/mol. The fraction of sp³-hybridized carbons (Fsp3) is 0.667. The third-order valence-corrected chi connectivity index (χ3v) is 4.69. The number of hydrogen-bond donors (Lipinski definition) is 1. The Hall–Kier alpha value is -1.22. The average molecular weight is 291 g/mol. The van der Waals surface area contributed by atoms with Crippen molar-refractivity contribution in [2.75, 3.05) is 11.9 Å². The van der Waals surface area contributed by atoms with Gasteiger partial charge in [0.05, 0.1) is 17.9 Å². The molecule has 1 saturated carbocycles. The first-order valence-corrected chi connectivity index (χ1v) is 8.15. The molecule has 1 aliphatic rings. The van der Waals surface area contributed by atoms with E-state index >= 15 is 0 Å². The van der Waals surface area contributed by atoms with Crippen molar-refractivity contribution in [3.05, 3.63) is 24.3 Å². The summed E-state index contributed by atoms with van der Waals surface area (Å²) in [6, 6.07) is 8.64. The second-order valence-corrected chi connectivity index (χ2v) is 6.40. The maximum Gasteiger partial charge on any atom is 0.142 e. The lowest BCUT2D eigenvalue weighted by Crippen LogP contribution is -2.59. The number of ether oxygens (including phenoxy) is 2. The topological polar surface area (TPSA) is 30.5 Å². The Morgan fingerprint density at radius 1 is 1.29 bits per heavy atom. The summed E-state index contributed by atoms with van der Waals surface area (Å²) < 4.78 is 11.8. The van der Waals surface area contributed by atoms with E-state index < -0.39 is 0 Å². The molecule has 3 heteroatoms. The molecule has 0 aliphatic heterocycles. The number of nitrogens with one attached hydrogen (secondary N) is 1. The maximum absolute atomic E-state index is 5.90. The van der Waals surface area contributed by atoms with Gasteiger partial charge >= 0.3 is 0 Å². The third kappa shape index (κ3) is 3.34. The maximum atomic E-state index is 5.90. The molecule has 21 heavy (non-hydrogen) atoms. The summed E-state index contributed by atoms with van der Waals surface area (Å²) in [7, 11) is 0. The molecule has 1 fully saturated rings. The van der Waals surface area contributed by atoms with Gasteiger partial charge in [-0.05, 0) is 45.7 Å². The Labute approximate surface area is 129 Å². The Bertz CT molecular complexity index is 460. The molecule has 0 aromatic heterocycles. The Morgan fingerprint density at radius 2 is 2.00 bits per heavy atom. The van der Waals surface area contributed by atoms with E-state index in [4.69, 9.17) is 9.47 Å². The van der Waals surface area contributed by atoms with E-state index in [0.29, 0.717) is 12.1 Å². The van der Waals surface area contributed by atoms with E-state index in [-0.39, 0.29) is 11.5 Å². The number of anilines is 1. The van der Waals surface area contributed by atoms with Crippen molar-refractivity contribution in [3.8, 4) is 5.75 Å². The summed E-state index contributed by atoms with van der Waals surface area (Å²) in [5.41, 5.74) is 1.28. The minimum Gasteiger partial charge on any atom is -0.489 e. The summed E-state index contributed by atoms with van der Waals surface area (Å²) in [5, 5.41) is 3.68. The molecule has 0 radical (unpaired) electrons. The van der Waals surface area contributed by atoms with Crippen molar-refractivity contribution >= 4 is 5.69 Å². The summed E-state index contributed by atoms with van der Waals surface area (Å²) in [6.07, 6.45) is 2.72. The fourth-order valence-corrected chi connectivity index (χ4v) is 3.10. The first-order chi connectivity index (χ1) is 10.0. The van der Waals surface area contributed by atoms with E-state index in [0.717, 1.165) is 30.9 Å². The average Bonchev–Trinajstić information content (AvgIpc) is 2.46. The molecule has 0 bridgehead atoms. The molecular weight excluding hydrogens is 262 g/mol. The van der Waals surface area contributed by atoms with Crippen LogP contribution in [0.1, 0.15) is 47.5 Å². The van der Waals surface area contributed by atoms with Gasteiger partial charge in [0.1, 0.15) is 5.75 Å². The van der Waals surface area contributed by atoms with Crippen LogP contribution in [0.4, 0.5) is 5.69 Å². The van der Waals surface area contributed by atoms with Crippen LogP contribution >= 0.6 is 0 Å². The standard InChI is InChI=1S/C18H29NO2/c1-6-18(5)16(12-17(18)20-7-2)19-14-10-8-9-11-15(14)21-13(3)4/h8-11,13,16-17,19H,6-7,12H2,1-5H3. The molecule has 1 N–H and O–H groups in total. The second kappa shape index (κ2) is 6.69. The Morgan fingerprint density at radius 3 is 2.62 bits per heavy atom. The molecule has 3 atom stereocenters. The van der Waals surface area contributed by atoms with Crippen LogP contribution in [-0.2, 0) is 4.74 Å². The molecule has 2 rings (SSSR count). The highest BCUT2D eigenvalue weighted by Gasteiger charge is 2.51. The Balaban J connectivity index is 2.09. The van der Waals surface area contributed by atoms with Gasteiger partial charge in [-0.15, -0.1) is 0 Å². The van der Waals surface area contributed by atoms with E-state index in [9.17, 15) is 0 Å². The smallest absolute Gasteiger partial charge is 0.142 e. The van der Waals surface area contributed by atoms with E-state index in [1.165, 1.54) is 0 Å². The summed E-state index contributed by atoms with van der Waals surface area (Å²) in [4.78, 5) is 0. The highest BCUT2D eigenvalue weighted by atomic mass is 16.5. The van der Waals surface area contributed by atoms with Gasteiger partial charge in [-0.2, -0.15) is 0 Å². The van der Waals surface area contributed by atoms with Gasteiger partial charge in [-0.1, -0.05) is 26.0 Å². The van der Waals surface area contributed by atoms with Crippen LogP contribution in [0.2, 0.25) is 0 Å². The van der Waals surface area contributed by atoms with Crippen LogP contribution in [0.15, 0.2) is 24.3 Å². The molecule has 1 aromatic carbocycles. The van der Waals surface area contributed by atoms with E-state index in [1.54, 1.807) is 0 Å². The van der Waals surface area contributed by atoms with Crippen molar-refractivity contribution < 1.29 is 9.47 Å². The highest BCUT2D eigenvalue weighted by molar-refractivity contribution is 5.57. The minimum absolute atomic E-state index is 0.183. The minimum atomic E-state index is 0.183. The lowest BCUT2D eigenvalue weighted by molar-refractivity contribution is -0.109. The molecule has 118 valence electrons. The molecule has 3 nitrogen and oxygen atoms in total. The molecule has 0 heterocycles. The van der Waals surface area contributed by atoms with Gasteiger partial charge in [-0.25, -0.2) is 0 Å². The third-order valence-electron chi connectivity index (χ3n) is 4.69. The SMILES string of the molecule is CCOC1CC(Nc2ccccc2OC(C)C)C1(C)CC. The first kappa shape index (κ1) is 16.2. The first-order valence-electron chi connectivity index (χ1n) is 8.15. The van der Waals surface area contributed by atoms with E-state index in [1.807, 2.05) is 12.1 Å². The van der Waals surface area contributed by atoms with Gasteiger partial charge in [0.15, 0.2) is 0 Å². The van der Waals surface area contributed by atoms with Gasteiger partial charge in [0.2, 0.25) is 0 Å². The summed E-state index contributed by atoms with van der Waals surface area (Å²) in [5.74, 6) is 0.936. The van der Waals surface area contributed by atoms with Crippen LogP contribution in [0, 0.1) is 5.41 Å². The van der Waals surface area contributed by atoms with Crippen LogP contribution in [-0.4, -0.2) is 24.9 Å². The molecule has 0 spiro atoms. The van der Waals surface area contributed by atoms with Crippen molar-refractivity contribution in [1.82, 2.24) is 0 Å². The molecule has 0 amide bonds. The molecule has 3 unspecified atom stereocenters. The normalized spacial score (nSPS) is 28.3. The summed E-state index contributed by atoms with van der Waals surface area (Å²) >= 11 is 0. The highest BCUT2D eigenvalue weighted by Crippen LogP contribution is 2.48. The fourth-order valence-electron chi connectivity index (χ4n) is 3.10. The van der Waals surface area contributed by atoms with Crippen molar-refractivity contribution in [3.63, 3.8) is 0 Å². The quantitative estimate of drug-likeness (QED) is 0.803.